The van der Waals surface area contributed by atoms with Gasteiger partial charge in [-0.15, -0.1) is 0 Å². The number of aromatic nitrogens is 3. The molecular formula is C32H50Cl2N4O6Si2. The molecule has 1 amide bonds. The van der Waals surface area contributed by atoms with Crippen molar-refractivity contribution in [2.45, 2.75) is 97.3 Å². The van der Waals surface area contributed by atoms with Gasteiger partial charge in [-0.3, -0.25) is 5.32 Å². The lowest BCUT2D eigenvalue weighted by atomic mass is 9.90. The third-order valence-corrected chi connectivity index (χ3v) is 11.3. The fraction of sp³-hybridized carbons (Fsp3) is 0.594. The topological polar surface area (TPSA) is 117 Å². The molecule has 0 radical (unpaired) electrons. The van der Waals surface area contributed by atoms with Gasteiger partial charge in [-0.25, -0.2) is 14.8 Å². The summed E-state index contributed by atoms with van der Waals surface area (Å²) in [6.07, 6.45) is -0.707. The molecule has 0 saturated carbocycles. The van der Waals surface area contributed by atoms with Gasteiger partial charge in [0, 0.05) is 46.9 Å². The summed E-state index contributed by atoms with van der Waals surface area (Å²) in [4.78, 5) is 20.7. The minimum atomic E-state index is -1.27. The Kier molecular flexibility index (Phi) is 13.5. The van der Waals surface area contributed by atoms with Crippen LogP contribution in [-0.2, 0) is 39.4 Å². The highest BCUT2D eigenvalue weighted by molar-refractivity contribution is 6.76. The fourth-order valence-electron chi connectivity index (χ4n) is 4.33. The first kappa shape index (κ1) is 38.3. The largest absolute Gasteiger partial charge is 0.489 e. The average Bonchev–Trinajstić information content (AvgIpc) is 3.25. The maximum absolute atomic E-state index is 11.3. The summed E-state index contributed by atoms with van der Waals surface area (Å²) in [6, 6.07) is 7.53. The van der Waals surface area contributed by atoms with Crippen LogP contribution in [0.4, 0.5) is 10.6 Å². The summed E-state index contributed by atoms with van der Waals surface area (Å²) in [5.74, 6) is 1.28. The minimum Gasteiger partial charge on any atom is -0.489 e. The summed E-state index contributed by atoms with van der Waals surface area (Å²) in [5.41, 5.74) is 2.62. The van der Waals surface area contributed by atoms with Gasteiger partial charge < -0.3 is 28.6 Å². The van der Waals surface area contributed by atoms with E-state index < -0.39 is 22.2 Å². The van der Waals surface area contributed by atoms with Crippen LogP contribution in [0, 0.1) is 0 Å². The number of fused-ring (bicyclic) bond motifs is 1. The van der Waals surface area contributed by atoms with Crippen LogP contribution in [0.2, 0.25) is 61.4 Å². The predicted octanol–water partition coefficient (Wildman–Crippen LogP) is 8.89. The molecule has 1 aromatic carbocycles. The van der Waals surface area contributed by atoms with E-state index in [9.17, 15) is 9.90 Å². The molecule has 46 heavy (non-hydrogen) atoms. The number of pyridine rings is 1. The number of rotatable bonds is 17. The summed E-state index contributed by atoms with van der Waals surface area (Å²) in [6.45, 7) is 22.1. The molecule has 3 aromatic rings. The number of imidazole rings is 1. The minimum absolute atomic E-state index is 0.163. The zero-order valence-electron chi connectivity index (χ0n) is 28.7. The van der Waals surface area contributed by atoms with Gasteiger partial charge in [-0.2, -0.15) is 0 Å². The standard InChI is InChI=1S/C32H50Cl2N4O6Si2/c1-32(2,3)25-16-22(17-26(35-25)36-31(39)40)10-11-44-30-28(34)23(33)18-24-29(30)37-27(19-43-21-42-13-15-46(7,8)9)38(24)20-41-12-14-45(4,5)6/h16-18H,10-15,19-21H2,1-9H3,(H,35,36)(H,39,40). The second kappa shape index (κ2) is 16.3. The average molecular weight is 714 g/mol. The summed E-state index contributed by atoms with van der Waals surface area (Å²) >= 11 is 13.3. The van der Waals surface area contributed by atoms with Crippen molar-refractivity contribution in [3.05, 3.63) is 45.3 Å². The number of carbonyl (C=O) groups is 1. The molecule has 0 saturated heterocycles. The zero-order chi connectivity index (χ0) is 34.3. The Morgan fingerprint density at radius 3 is 2.20 bits per heavy atom. The second-order valence-electron chi connectivity index (χ2n) is 14.9. The lowest BCUT2D eigenvalue weighted by molar-refractivity contribution is -0.0609. The van der Waals surface area contributed by atoms with Crippen LogP contribution in [0.25, 0.3) is 11.0 Å². The summed E-state index contributed by atoms with van der Waals surface area (Å²) < 4.78 is 25.9. The molecule has 0 atom stereocenters. The van der Waals surface area contributed by atoms with Crippen LogP contribution in [0.1, 0.15) is 37.9 Å². The number of benzene rings is 1. The van der Waals surface area contributed by atoms with E-state index >= 15 is 0 Å². The van der Waals surface area contributed by atoms with Crippen LogP contribution in [0.5, 0.6) is 5.75 Å². The van der Waals surface area contributed by atoms with Crippen molar-refractivity contribution in [1.29, 1.82) is 0 Å². The van der Waals surface area contributed by atoms with Crippen molar-refractivity contribution in [3.63, 3.8) is 0 Å². The normalized spacial score (nSPS) is 12.6. The second-order valence-corrected chi connectivity index (χ2v) is 26.9. The Morgan fingerprint density at radius 1 is 0.935 bits per heavy atom. The molecule has 256 valence electrons. The van der Waals surface area contributed by atoms with E-state index in [0.29, 0.717) is 41.7 Å². The van der Waals surface area contributed by atoms with Crippen molar-refractivity contribution in [2.24, 2.45) is 0 Å². The highest BCUT2D eigenvalue weighted by Crippen LogP contribution is 2.39. The first-order valence-electron chi connectivity index (χ1n) is 15.6. The van der Waals surface area contributed by atoms with Crippen molar-refractivity contribution in [1.82, 2.24) is 14.5 Å². The first-order chi connectivity index (χ1) is 21.3. The molecule has 0 aliphatic rings. The van der Waals surface area contributed by atoms with Crippen molar-refractivity contribution in [3.8, 4) is 5.75 Å². The summed E-state index contributed by atoms with van der Waals surface area (Å²) in [7, 11) is -2.47. The van der Waals surface area contributed by atoms with E-state index in [1.165, 1.54) is 0 Å². The van der Waals surface area contributed by atoms with Crippen LogP contribution in [0.15, 0.2) is 18.2 Å². The van der Waals surface area contributed by atoms with Gasteiger partial charge in [0.25, 0.3) is 0 Å². The lowest BCUT2D eigenvalue weighted by Gasteiger charge is -2.20. The molecule has 2 N–H and O–H groups in total. The van der Waals surface area contributed by atoms with Gasteiger partial charge in [0.1, 0.15) is 42.3 Å². The van der Waals surface area contributed by atoms with Gasteiger partial charge in [0.15, 0.2) is 5.75 Å². The molecule has 0 spiro atoms. The molecule has 2 aromatic heterocycles. The SMILES string of the molecule is CC(C)(C)c1cc(CCOc2c(Cl)c(Cl)cc3c2nc(COCOCC[Si](C)(C)C)n3COCC[Si](C)(C)C)cc(NC(=O)O)n1. The summed E-state index contributed by atoms with van der Waals surface area (Å²) in [5, 5.41) is 12.2. The quantitative estimate of drug-likeness (QED) is 0.0810. The van der Waals surface area contributed by atoms with E-state index in [1.54, 1.807) is 12.1 Å². The van der Waals surface area contributed by atoms with Gasteiger partial charge in [0.05, 0.1) is 17.1 Å². The molecule has 0 fully saturated rings. The van der Waals surface area contributed by atoms with Crippen molar-refractivity contribution >= 4 is 62.3 Å². The number of hydrogen-bond donors (Lipinski definition) is 2. The maximum atomic E-state index is 11.3. The van der Waals surface area contributed by atoms with Crippen molar-refractivity contribution in [2.75, 3.05) is 31.9 Å². The number of ether oxygens (including phenoxy) is 4. The molecule has 0 bridgehead atoms. The van der Waals surface area contributed by atoms with Gasteiger partial charge in [0.2, 0.25) is 0 Å². The highest BCUT2D eigenvalue weighted by Gasteiger charge is 2.22. The molecule has 0 unspecified atom stereocenters. The monoisotopic (exact) mass is 712 g/mol. The maximum Gasteiger partial charge on any atom is 0.410 e. The molecule has 3 rings (SSSR count). The Labute approximate surface area is 285 Å². The molecular weight excluding hydrogens is 663 g/mol. The number of halogens is 2. The van der Waals surface area contributed by atoms with Gasteiger partial charge >= 0.3 is 6.09 Å². The number of amides is 1. The Morgan fingerprint density at radius 2 is 1.59 bits per heavy atom. The first-order valence-corrected chi connectivity index (χ1v) is 23.8. The third kappa shape index (κ3) is 12.1. The van der Waals surface area contributed by atoms with Crippen molar-refractivity contribution < 1.29 is 28.8 Å². The molecule has 0 aliphatic carbocycles. The van der Waals surface area contributed by atoms with Crippen LogP contribution >= 0.6 is 23.2 Å². The third-order valence-electron chi connectivity index (χ3n) is 7.11. The number of nitrogens with one attached hydrogen (secondary N) is 1. The Balaban J connectivity index is 1.85. The van der Waals surface area contributed by atoms with Crippen LogP contribution < -0.4 is 10.1 Å². The Hall–Kier alpha value is -2.20. The number of anilines is 1. The van der Waals surface area contributed by atoms with E-state index in [0.717, 1.165) is 28.9 Å². The molecule has 0 aliphatic heterocycles. The van der Waals surface area contributed by atoms with Gasteiger partial charge in [-0.05, 0) is 35.9 Å². The van der Waals surface area contributed by atoms with E-state index in [1.807, 2.05) is 31.4 Å². The number of hydrogen-bond acceptors (Lipinski definition) is 7. The fourth-order valence-corrected chi connectivity index (χ4v) is 6.23. The number of nitrogens with zero attached hydrogens (tertiary/aromatic N) is 3. The smallest absolute Gasteiger partial charge is 0.410 e. The van der Waals surface area contributed by atoms with E-state index in [4.69, 9.17) is 47.1 Å². The highest BCUT2D eigenvalue weighted by atomic mass is 35.5. The lowest BCUT2D eigenvalue weighted by Crippen LogP contribution is -2.22. The molecule has 14 heteroatoms. The van der Waals surface area contributed by atoms with Crippen LogP contribution in [-0.4, -0.2) is 68.5 Å². The number of carboxylic acid groups (broad SMARTS) is 1. The van der Waals surface area contributed by atoms with Crippen LogP contribution in [0.3, 0.4) is 0 Å². The van der Waals surface area contributed by atoms with E-state index in [-0.39, 0.29) is 43.0 Å². The molecule has 10 nitrogen and oxygen atoms in total. The predicted molar refractivity (Wildman–Crippen MR) is 191 cm³/mol. The molecule has 2 heterocycles. The van der Waals surface area contributed by atoms with E-state index in [2.05, 4.69) is 49.6 Å². The van der Waals surface area contributed by atoms with Gasteiger partial charge in [-0.1, -0.05) is 83.3 Å². The Bertz CT molecular complexity index is 1480. The zero-order valence-corrected chi connectivity index (χ0v) is 32.2.